The van der Waals surface area contributed by atoms with Crippen molar-refractivity contribution in [3.63, 3.8) is 0 Å². The van der Waals surface area contributed by atoms with Crippen LogP contribution in [0.4, 0.5) is 13.6 Å². The molecule has 0 spiro atoms. The number of benzene rings is 2. The van der Waals surface area contributed by atoms with Crippen molar-refractivity contribution in [2.75, 3.05) is 6.61 Å². The van der Waals surface area contributed by atoms with E-state index in [1.54, 1.807) is 0 Å². The number of aliphatic carboxylic acids is 1. The number of alkyl halides is 2. The number of carbonyl (C=O) groups is 3. The lowest BCUT2D eigenvalue weighted by molar-refractivity contribution is -0.174. The highest BCUT2D eigenvalue weighted by Crippen LogP contribution is 2.44. The number of halogens is 2. The van der Waals surface area contributed by atoms with E-state index in [4.69, 9.17) is 9.84 Å². The van der Waals surface area contributed by atoms with E-state index in [2.05, 4.69) is 10.2 Å². The van der Waals surface area contributed by atoms with Crippen LogP contribution >= 0.6 is 0 Å². The number of fused-ring (bicyclic) bond motifs is 3. The van der Waals surface area contributed by atoms with Crippen molar-refractivity contribution in [3.05, 3.63) is 59.7 Å². The van der Waals surface area contributed by atoms with E-state index < -0.39 is 42.0 Å². The molecule has 2 amide bonds. The monoisotopic (exact) mass is 474 g/mol. The fourth-order valence-electron chi connectivity index (χ4n) is 4.10. The number of hydrogen-bond donors (Lipinski definition) is 3. The number of hydrogen-bond acceptors (Lipinski definition) is 5. The van der Waals surface area contributed by atoms with Crippen LogP contribution in [-0.2, 0) is 19.2 Å². The van der Waals surface area contributed by atoms with Gasteiger partial charge in [-0.15, -0.1) is 0 Å². The normalized spacial score (nSPS) is 16.7. The molecule has 2 aliphatic rings. The van der Waals surface area contributed by atoms with Crippen molar-refractivity contribution in [1.82, 2.24) is 10.8 Å². The Morgan fingerprint density at radius 1 is 1.06 bits per heavy atom. The number of carboxylic acids is 1. The summed E-state index contributed by atoms with van der Waals surface area (Å²) in [5.41, 5.74) is 5.49. The maximum absolute atomic E-state index is 14.8. The van der Waals surface area contributed by atoms with Gasteiger partial charge in [0.05, 0.1) is 0 Å². The molecule has 0 aromatic heterocycles. The SMILES string of the molecule is CC(ONC(=O)C(F)(F)C(NC(=O)OCC1c2ccccc2-c2ccccc21)C1CC1)C(=O)O. The van der Waals surface area contributed by atoms with Crippen LogP contribution in [0.25, 0.3) is 11.1 Å². The molecule has 0 bridgehead atoms. The van der Waals surface area contributed by atoms with Gasteiger partial charge >= 0.3 is 23.9 Å². The van der Waals surface area contributed by atoms with Crippen LogP contribution in [0.15, 0.2) is 48.5 Å². The number of alkyl carbamates (subject to hydrolysis) is 1. The molecule has 0 heterocycles. The first-order chi connectivity index (χ1) is 16.2. The van der Waals surface area contributed by atoms with E-state index >= 15 is 0 Å². The molecule has 2 aromatic carbocycles. The molecule has 2 aliphatic carbocycles. The summed E-state index contributed by atoms with van der Waals surface area (Å²) in [5.74, 6) is -8.16. The van der Waals surface area contributed by atoms with Crippen LogP contribution in [0.1, 0.15) is 36.8 Å². The Bertz CT molecular complexity index is 1060. The molecule has 2 unspecified atom stereocenters. The summed E-state index contributed by atoms with van der Waals surface area (Å²) in [6, 6.07) is 13.6. The Balaban J connectivity index is 1.40. The van der Waals surface area contributed by atoms with Gasteiger partial charge in [0, 0.05) is 5.92 Å². The van der Waals surface area contributed by atoms with Gasteiger partial charge in [0.15, 0.2) is 6.10 Å². The van der Waals surface area contributed by atoms with Gasteiger partial charge < -0.3 is 15.2 Å². The molecule has 0 saturated heterocycles. The number of ether oxygens (including phenoxy) is 1. The molecular formula is C24H24F2N2O6. The van der Waals surface area contributed by atoms with Crippen molar-refractivity contribution in [1.29, 1.82) is 0 Å². The zero-order valence-electron chi connectivity index (χ0n) is 18.3. The van der Waals surface area contributed by atoms with Gasteiger partial charge in [-0.2, -0.15) is 8.78 Å². The largest absolute Gasteiger partial charge is 0.479 e. The molecular weight excluding hydrogens is 450 g/mol. The van der Waals surface area contributed by atoms with E-state index in [1.807, 2.05) is 48.5 Å². The fourth-order valence-corrected chi connectivity index (χ4v) is 4.10. The van der Waals surface area contributed by atoms with E-state index in [9.17, 15) is 23.2 Å². The molecule has 1 saturated carbocycles. The lowest BCUT2D eigenvalue weighted by Crippen LogP contribution is -2.57. The first kappa shape index (κ1) is 23.6. The highest BCUT2D eigenvalue weighted by molar-refractivity contribution is 5.85. The minimum Gasteiger partial charge on any atom is -0.479 e. The summed E-state index contributed by atoms with van der Waals surface area (Å²) in [7, 11) is 0. The minimum absolute atomic E-state index is 0.0613. The molecule has 1 fully saturated rings. The first-order valence-electron chi connectivity index (χ1n) is 10.9. The molecule has 10 heteroatoms. The number of rotatable bonds is 9. The van der Waals surface area contributed by atoms with Crippen molar-refractivity contribution >= 4 is 18.0 Å². The second-order valence-electron chi connectivity index (χ2n) is 8.44. The van der Waals surface area contributed by atoms with E-state index in [-0.39, 0.29) is 12.5 Å². The fraction of sp³-hybridized carbons (Fsp3) is 0.375. The Labute approximate surface area is 194 Å². The predicted octanol–water partition coefficient (Wildman–Crippen LogP) is 3.46. The molecule has 34 heavy (non-hydrogen) atoms. The summed E-state index contributed by atoms with van der Waals surface area (Å²) in [4.78, 5) is 39.7. The standard InChI is InChI=1S/C24H24F2N2O6/c1-13(21(29)30)34-28-22(31)24(25,26)20(14-10-11-14)27-23(32)33-12-19-17-8-4-2-6-15(17)16-7-3-5-9-18(16)19/h2-9,13-14,19-20H,10-12H2,1H3,(H,27,32)(H,28,31)(H,29,30). The highest BCUT2D eigenvalue weighted by Gasteiger charge is 2.55. The number of amides is 2. The van der Waals surface area contributed by atoms with Crippen LogP contribution in [0.2, 0.25) is 0 Å². The average molecular weight is 474 g/mol. The van der Waals surface area contributed by atoms with Crippen LogP contribution in [-0.4, -0.2) is 47.8 Å². The summed E-state index contributed by atoms with van der Waals surface area (Å²) < 4.78 is 34.9. The van der Waals surface area contributed by atoms with Gasteiger partial charge in [-0.3, -0.25) is 9.63 Å². The average Bonchev–Trinajstić information content (AvgIpc) is 3.61. The van der Waals surface area contributed by atoms with Crippen molar-refractivity contribution in [2.24, 2.45) is 5.92 Å². The second-order valence-corrected chi connectivity index (χ2v) is 8.44. The zero-order chi connectivity index (χ0) is 24.5. The first-order valence-corrected chi connectivity index (χ1v) is 10.9. The minimum atomic E-state index is -4.04. The quantitative estimate of drug-likeness (QED) is 0.480. The van der Waals surface area contributed by atoms with Gasteiger partial charge in [-0.1, -0.05) is 48.5 Å². The highest BCUT2D eigenvalue weighted by atomic mass is 19.3. The molecule has 3 N–H and O–H groups in total. The van der Waals surface area contributed by atoms with Crippen molar-refractivity contribution in [2.45, 2.75) is 43.8 Å². The smallest absolute Gasteiger partial charge is 0.407 e. The summed E-state index contributed by atoms with van der Waals surface area (Å²) in [6.07, 6.45) is -1.77. The molecule has 8 nitrogen and oxygen atoms in total. The summed E-state index contributed by atoms with van der Waals surface area (Å²) in [6.45, 7) is 1.02. The molecule has 2 aromatic rings. The molecule has 0 aliphatic heterocycles. The van der Waals surface area contributed by atoms with Gasteiger partial charge in [-0.05, 0) is 47.9 Å². The van der Waals surface area contributed by atoms with E-state index in [0.29, 0.717) is 12.8 Å². The summed E-state index contributed by atoms with van der Waals surface area (Å²) in [5, 5.41) is 10.9. The molecule has 0 radical (unpaired) electrons. The second kappa shape index (κ2) is 9.38. The van der Waals surface area contributed by atoms with Crippen LogP contribution in [0.5, 0.6) is 0 Å². The number of hydroxylamine groups is 1. The maximum atomic E-state index is 14.8. The Kier molecular flexibility index (Phi) is 6.52. The van der Waals surface area contributed by atoms with Gasteiger partial charge in [0.25, 0.3) is 0 Å². The van der Waals surface area contributed by atoms with E-state index in [0.717, 1.165) is 29.2 Å². The third kappa shape index (κ3) is 4.72. The number of carbonyl (C=O) groups excluding carboxylic acids is 2. The third-order valence-corrected chi connectivity index (χ3v) is 6.08. The van der Waals surface area contributed by atoms with Crippen molar-refractivity contribution in [3.8, 4) is 11.1 Å². The lowest BCUT2D eigenvalue weighted by atomic mass is 9.98. The molecule has 4 rings (SSSR count). The van der Waals surface area contributed by atoms with E-state index in [1.165, 1.54) is 5.48 Å². The number of carboxylic acid groups (broad SMARTS) is 1. The van der Waals surface area contributed by atoms with Gasteiger partial charge in [0.1, 0.15) is 12.6 Å². The van der Waals surface area contributed by atoms with Crippen LogP contribution in [0, 0.1) is 5.92 Å². The Hall–Kier alpha value is -3.53. The summed E-state index contributed by atoms with van der Waals surface area (Å²) >= 11 is 0. The lowest BCUT2D eigenvalue weighted by Gasteiger charge is -2.27. The zero-order valence-corrected chi connectivity index (χ0v) is 18.3. The topological polar surface area (TPSA) is 114 Å². The van der Waals surface area contributed by atoms with Gasteiger partial charge in [-0.25, -0.2) is 15.1 Å². The van der Waals surface area contributed by atoms with Gasteiger partial charge in [0.2, 0.25) is 0 Å². The Morgan fingerprint density at radius 2 is 1.62 bits per heavy atom. The third-order valence-electron chi connectivity index (χ3n) is 6.08. The Morgan fingerprint density at radius 3 is 2.15 bits per heavy atom. The van der Waals surface area contributed by atoms with Crippen LogP contribution < -0.4 is 10.8 Å². The molecule has 180 valence electrons. The maximum Gasteiger partial charge on any atom is 0.407 e. The predicted molar refractivity (Wildman–Crippen MR) is 116 cm³/mol. The van der Waals surface area contributed by atoms with Crippen LogP contribution in [0.3, 0.4) is 0 Å². The molecule has 2 atom stereocenters. The van der Waals surface area contributed by atoms with Crippen molar-refractivity contribution < 1.29 is 37.8 Å². The number of nitrogens with one attached hydrogen (secondary N) is 2.